The van der Waals surface area contributed by atoms with Gasteiger partial charge in [0.05, 0.1) is 7.11 Å². The quantitative estimate of drug-likeness (QED) is 0.239. The number of ether oxygens (including phenoxy) is 1. The Hall–Kier alpha value is -3.24. The molecule has 3 aromatic rings. The van der Waals surface area contributed by atoms with Crippen LogP contribution in [0.25, 0.3) is 11.1 Å². The number of rotatable bonds is 10. The summed E-state index contributed by atoms with van der Waals surface area (Å²) >= 11 is -2.72. The number of nitrogens with one attached hydrogen (secondary N) is 1. The van der Waals surface area contributed by atoms with E-state index >= 15 is 0 Å². The van der Waals surface area contributed by atoms with Crippen LogP contribution < -0.4 is 14.5 Å². The summed E-state index contributed by atoms with van der Waals surface area (Å²) in [5.74, 6) is -0.220. The van der Waals surface area contributed by atoms with Gasteiger partial charge in [-0.05, 0) is 79.2 Å². The number of carbonyl (C=O) groups excluding carboxylic acids is 1. The first-order chi connectivity index (χ1) is 18.0. The van der Waals surface area contributed by atoms with Crippen LogP contribution in [-0.4, -0.2) is 57.6 Å². The van der Waals surface area contributed by atoms with Gasteiger partial charge < -0.3 is 14.2 Å². The number of nitrogens with zero attached hydrogens (tertiary/aromatic N) is 2. The SMILES string of the molecule is COc1ccc(-c2ccc(N(C(C(=O)NO)C3CCN(CCc4ccccc4)CC3)S(=O)[O-])cc2)cc1. The maximum Gasteiger partial charge on any atom is 0.267 e. The van der Waals surface area contributed by atoms with Crippen LogP contribution in [0, 0.1) is 5.92 Å². The van der Waals surface area contributed by atoms with Gasteiger partial charge in [0.1, 0.15) is 11.8 Å². The highest BCUT2D eigenvalue weighted by Crippen LogP contribution is 2.31. The molecule has 2 N–H and O–H groups in total. The predicted molar refractivity (Wildman–Crippen MR) is 143 cm³/mol. The van der Waals surface area contributed by atoms with Gasteiger partial charge in [0.25, 0.3) is 5.91 Å². The molecule has 37 heavy (non-hydrogen) atoms. The maximum atomic E-state index is 12.8. The molecule has 2 atom stereocenters. The van der Waals surface area contributed by atoms with Gasteiger partial charge in [-0.15, -0.1) is 0 Å². The van der Waals surface area contributed by atoms with Crippen molar-refractivity contribution >= 4 is 22.9 Å². The summed E-state index contributed by atoms with van der Waals surface area (Å²) in [4.78, 5) is 15.1. The van der Waals surface area contributed by atoms with Gasteiger partial charge in [0.2, 0.25) is 0 Å². The van der Waals surface area contributed by atoms with Crippen LogP contribution in [0.4, 0.5) is 5.69 Å². The summed E-state index contributed by atoms with van der Waals surface area (Å²) in [7, 11) is 1.61. The molecule has 0 aromatic heterocycles. The standard InChI is InChI=1S/C28H33N3O5S/c1-36-26-13-9-23(10-14-26)22-7-11-25(12-8-22)31(37(34)35)27(28(32)29-33)24-16-19-30(20-17-24)18-15-21-5-3-2-4-6-21/h2-14,24,27,33H,15-20H2,1H3,(H,29,32)(H,34,35)/p-1. The molecule has 3 aromatic carbocycles. The van der Waals surface area contributed by atoms with Gasteiger partial charge in [-0.25, -0.2) is 5.48 Å². The minimum absolute atomic E-state index is 0.237. The van der Waals surface area contributed by atoms with Crippen molar-refractivity contribution in [1.82, 2.24) is 10.4 Å². The van der Waals surface area contributed by atoms with Gasteiger partial charge in [-0.2, -0.15) is 0 Å². The number of amides is 1. The molecule has 1 fully saturated rings. The van der Waals surface area contributed by atoms with E-state index in [4.69, 9.17) is 4.74 Å². The number of hydroxylamine groups is 1. The van der Waals surface area contributed by atoms with Gasteiger partial charge in [0, 0.05) is 23.5 Å². The smallest absolute Gasteiger partial charge is 0.267 e. The van der Waals surface area contributed by atoms with Crippen molar-refractivity contribution in [2.24, 2.45) is 5.92 Å². The third-order valence-corrected chi connectivity index (χ3v) is 7.73. The molecule has 196 valence electrons. The molecule has 0 radical (unpaired) electrons. The molecule has 0 saturated carbocycles. The summed E-state index contributed by atoms with van der Waals surface area (Å²) in [6.45, 7) is 2.41. The van der Waals surface area contributed by atoms with E-state index in [0.29, 0.717) is 18.5 Å². The Balaban J connectivity index is 1.47. The van der Waals surface area contributed by atoms with E-state index in [1.54, 1.807) is 24.7 Å². The van der Waals surface area contributed by atoms with Gasteiger partial charge in [-0.1, -0.05) is 54.6 Å². The third kappa shape index (κ3) is 6.75. The van der Waals surface area contributed by atoms with E-state index in [0.717, 1.165) is 47.2 Å². The van der Waals surface area contributed by atoms with E-state index < -0.39 is 23.2 Å². The van der Waals surface area contributed by atoms with E-state index in [1.807, 2.05) is 54.6 Å². The average Bonchev–Trinajstić information content (AvgIpc) is 2.95. The van der Waals surface area contributed by atoms with Gasteiger partial charge >= 0.3 is 0 Å². The predicted octanol–water partition coefficient (Wildman–Crippen LogP) is 3.79. The molecule has 9 heteroatoms. The molecule has 1 heterocycles. The average molecular weight is 523 g/mol. The Kier molecular flexibility index (Phi) is 9.29. The van der Waals surface area contributed by atoms with Crippen LogP contribution in [0.1, 0.15) is 18.4 Å². The van der Waals surface area contributed by atoms with Crippen LogP contribution in [0.5, 0.6) is 5.75 Å². The lowest BCUT2D eigenvalue weighted by Crippen LogP contribution is -2.54. The number of hydrogen-bond acceptors (Lipinski definition) is 6. The molecular weight excluding hydrogens is 490 g/mol. The molecule has 4 rings (SSSR count). The van der Waals surface area contributed by atoms with E-state index in [2.05, 4.69) is 17.0 Å². The number of hydrogen-bond donors (Lipinski definition) is 2. The molecule has 1 aliphatic heterocycles. The highest BCUT2D eigenvalue weighted by Gasteiger charge is 2.37. The zero-order valence-electron chi connectivity index (χ0n) is 20.8. The molecule has 1 aliphatic rings. The summed E-state index contributed by atoms with van der Waals surface area (Å²) in [5, 5.41) is 9.46. The van der Waals surface area contributed by atoms with Crippen LogP contribution in [0.2, 0.25) is 0 Å². The molecule has 8 nitrogen and oxygen atoms in total. The van der Waals surface area contributed by atoms with Crippen molar-refractivity contribution in [3.8, 4) is 16.9 Å². The number of likely N-dealkylation sites (tertiary alicyclic amines) is 1. The molecule has 2 unspecified atom stereocenters. The summed E-state index contributed by atoms with van der Waals surface area (Å²) in [6, 6.07) is 23.8. The number of anilines is 1. The molecule has 0 aliphatic carbocycles. The first-order valence-electron chi connectivity index (χ1n) is 12.3. The summed E-state index contributed by atoms with van der Waals surface area (Å²) in [5.41, 5.74) is 5.19. The van der Waals surface area contributed by atoms with Crippen molar-refractivity contribution in [3.05, 3.63) is 84.4 Å². The Labute approximate surface area is 220 Å². The fourth-order valence-electron chi connectivity index (χ4n) is 4.93. The Morgan fingerprint density at radius 2 is 1.65 bits per heavy atom. The largest absolute Gasteiger partial charge is 0.755 e. The van der Waals surface area contributed by atoms with E-state index in [1.165, 1.54) is 5.56 Å². The van der Waals surface area contributed by atoms with Crippen LogP contribution in [-0.2, 0) is 22.5 Å². The summed E-state index contributed by atoms with van der Waals surface area (Å²) in [6.07, 6.45) is 2.22. The van der Waals surface area contributed by atoms with E-state index in [9.17, 15) is 18.8 Å². The lowest BCUT2D eigenvalue weighted by atomic mass is 9.88. The second-order valence-corrected chi connectivity index (χ2v) is 9.98. The molecule has 0 bridgehead atoms. The molecule has 1 saturated heterocycles. The zero-order chi connectivity index (χ0) is 26.2. The number of methoxy groups -OCH3 is 1. The van der Waals surface area contributed by atoms with Crippen LogP contribution in [0.15, 0.2) is 78.9 Å². The second kappa shape index (κ2) is 12.8. The lowest BCUT2D eigenvalue weighted by Gasteiger charge is -2.41. The minimum atomic E-state index is -2.72. The molecular formula is C28H32N3O5S-. The first-order valence-corrected chi connectivity index (χ1v) is 13.4. The fraction of sp³-hybridized carbons (Fsp3) is 0.321. The van der Waals surface area contributed by atoms with Crippen LogP contribution in [0.3, 0.4) is 0 Å². The van der Waals surface area contributed by atoms with Crippen molar-refractivity contribution in [3.63, 3.8) is 0 Å². The normalized spacial score (nSPS) is 16.1. The maximum absolute atomic E-state index is 12.8. The second-order valence-electron chi connectivity index (χ2n) is 9.15. The summed E-state index contributed by atoms with van der Waals surface area (Å²) < 4.78 is 31.1. The number of carbonyl (C=O) groups is 1. The highest BCUT2D eigenvalue weighted by atomic mass is 32.2. The third-order valence-electron chi connectivity index (χ3n) is 6.98. The monoisotopic (exact) mass is 522 g/mol. The van der Waals surface area contributed by atoms with Crippen LogP contribution >= 0.6 is 0 Å². The van der Waals surface area contributed by atoms with Crippen molar-refractivity contribution in [1.29, 1.82) is 0 Å². The Morgan fingerprint density at radius 1 is 1.05 bits per heavy atom. The van der Waals surface area contributed by atoms with Crippen molar-refractivity contribution in [2.75, 3.05) is 31.0 Å². The highest BCUT2D eigenvalue weighted by molar-refractivity contribution is 7.80. The number of piperidine rings is 1. The van der Waals surface area contributed by atoms with Gasteiger partial charge in [-0.3, -0.25) is 18.5 Å². The first kappa shape index (κ1) is 26.8. The number of benzene rings is 3. The minimum Gasteiger partial charge on any atom is -0.755 e. The topological polar surface area (TPSA) is 105 Å². The Bertz CT molecular complexity index is 1170. The van der Waals surface area contributed by atoms with E-state index in [-0.39, 0.29) is 5.92 Å². The Morgan fingerprint density at radius 3 is 2.19 bits per heavy atom. The van der Waals surface area contributed by atoms with Crippen molar-refractivity contribution in [2.45, 2.75) is 25.3 Å². The molecule has 1 amide bonds. The van der Waals surface area contributed by atoms with Gasteiger partial charge in [0.15, 0.2) is 0 Å². The lowest BCUT2D eigenvalue weighted by molar-refractivity contribution is -0.132. The fourth-order valence-corrected chi connectivity index (χ4v) is 5.67. The molecule has 0 spiro atoms. The van der Waals surface area contributed by atoms with Crippen molar-refractivity contribution < 1.29 is 23.5 Å². The zero-order valence-corrected chi connectivity index (χ0v) is 21.6.